The number of aliphatic hydroxyl groups excluding tert-OH is 3. The minimum atomic E-state index is -4.57. The zero-order valence-corrected chi connectivity index (χ0v) is 22.2. The van der Waals surface area contributed by atoms with E-state index in [1.165, 1.54) is 0 Å². The topological polar surface area (TPSA) is 177 Å². The van der Waals surface area contributed by atoms with E-state index in [9.17, 15) is 29.7 Å². The molecule has 0 aromatic carbocycles. The first-order chi connectivity index (χ1) is 16.7. The van der Waals surface area contributed by atoms with Crippen molar-refractivity contribution in [3.63, 3.8) is 0 Å². The Balaban J connectivity index is 6.77. The molecule has 0 aromatic rings. The van der Waals surface area contributed by atoms with Crippen molar-refractivity contribution in [2.45, 2.75) is 69.5 Å². The molecule has 0 radical (unpaired) electrons. The van der Waals surface area contributed by atoms with Crippen molar-refractivity contribution in [2.75, 3.05) is 48.3 Å². The molecule has 0 aromatic heterocycles. The maximum atomic E-state index is 12.4. The highest BCUT2D eigenvalue weighted by Crippen LogP contribution is 2.44. The Hall–Kier alpha value is -1.65. The second-order valence-corrected chi connectivity index (χ2v) is 10.5. The number of aliphatic hydroxyl groups is 3. The van der Waals surface area contributed by atoms with Gasteiger partial charge in [-0.15, -0.1) is 0 Å². The average Bonchev–Trinajstić information content (AvgIpc) is 2.87. The molecule has 3 N–H and O–H groups in total. The van der Waals surface area contributed by atoms with Gasteiger partial charge >= 0.3 is 32.1 Å². The highest BCUT2D eigenvalue weighted by atomic mass is 28.4. The molecule has 0 bridgehead atoms. The van der Waals surface area contributed by atoms with E-state index in [1.54, 1.807) is 0 Å². The molecule has 0 rings (SSSR count). The summed E-state index contributed by atoms with van der Waals surface area (Å²) in [4.78, 5) is 37.0. The summed E-state index contributed by atoms with van der Waals surface area (Å²) in [6.45, 7) is -1.35. The van der Waals surface area contributed by atoms with Gasteiger partial charge in [0.05, 0.1) is 0 Å². The van der Waals surface area contributed by atoms with Gasteiger partial charge in [0.25, 0.3) is 5.79 Å². The van der Waals surface area contributed by atoms with Crippen molar-refractivity contribution in [3.8, 4) is 0 Å². The third-order valence-corrected chi connectivity index (χ3v) is 8.33. The van der Waals surface area contributed by atoms with Gasteiger partial charge in [0, 0.05) is 34.9 Å². The highest BCUT2D eigenvalue weighted by molar-refractivity contribution is 6.64. The Labute approximate surface area is 206 Å². The number of esters is 3. The molecule has 0 aliphatic heterocycles. The third kappa shape index (κ3) is 8.46. The number of hydrogen-bond acceptors (Lipinski definition) is 13. The van der Waals surface area contributed by atoms with Crippen LogP contribution in [0.1, 0.15) is 58.3 Å². The van der Waals surface area contributed by atoms with Crippen LogP contribution < -0.4 is 0 Å². The standard InChI is InChI=1S/C21H40O13Si/c1-6-7-8-9-10-11-12-13-20(28-2,32-17(25)14-22)21(33-18(26)15-23,34-19(27)16-24)35(29-3,30-4)31-5/h22-24H,6-16H2,1-5H3. The van der Waals surface area contributed by atoms with Crippen molar-refractivity contribution in [2.24, 2.45) is 0 Å². The largest absolute Gasteiger partial charge is 0.599 e. The van der Waals surface area contributed by atoms with E-state index >= 15 is 0 Å². The molecule has 1 unspecified atom stereocenters. The van der Waals surface area contributed by atoms with Crippen LogP contribution in [0.3, 0.4) is 0 Å². The van der Waals surface area contributed by atoms with Crippen LogP contribution in [0.25, 0.3) is 0 Å². The summed E-state index contributed by atoms with van der Waals surface area (Å²) in [5, 5.41) is 28.2. The van der Waals surface area contributed by atoms with E-state index in [2.05, 4.69) is 6.92 Å². The first-order valence-electron chi connectivity index (χ1n) is 11.4. The Bertz CT molecular complexity index is 614. The second kappa shape index (κ2) is 16.9. The van der Waals surface area contributed by atoms with Gasteiger partial charge in [-0.3, -0.25) is 0 Å². The van der Waals surface area contributed by atoms with Crippen LogP contribution in [-0.4, -0.2) is 101 Å². The first kappa shape index (κ1) is 33.3. The molecule has 0 heterocycles. The maximum absolute atomic E-state index is 12.4. The zero-order chi connectivity index (χ0) is 27.0. The van der Waals surface area contributed by atoms with E-state index in [1.807, 2.05) is 0 Å². The molecule has 0 saturated heterocycles. The van der Waals surface area contributed by atoms with Crippen molar-refractivity contribution < 1.29 is 61.9 Å². The predicted octanol–water partition coefficient (Wildman–Crippen LogP) is 0.190. The molecule has 0 amide bonds. The first-order valence-corrected chi connectivity index (χ1v) is 13.1. The summed E-state index contributed by atoms with van der Waals surface area (Å²) in [6, 6.07) is 0. The fraction of sp³-hybridized carbons (Fsp3) is 0.857. The van der Waals surface area contributed by atoms with Crippen molar-refractivity contribution in [1.29, 1.82) is 0 Å². The second-order valence-electron chi connectivity index (χ2n) is 7.51. The lowest BCUT2D eigenvalue weighted by molar-refractivity contribution is -0.358. The van der Waals surface area contributed by atoms with Gasteiger partial charge in [-0.1, -0.05) is 45.4 Å². The van der Waals surface area contributed by atoms with Crippen LogP contribution in [0.5, 0.6) is 0 Å². The smallest absolute Gasteiger partial charge is 0.423 e. The third-order valence-electron chi connectivity index (χ3n) is 5.33. The minimum Gasteiger partial charge on any atom is -0.423 e. The van der Waals surface area contributed by atoms with Gasteiger partial charge in [0.15, 0.2) is 0 Å². The highest BCUT2D eigenvalue weighted by Gasteiger charge is 2.80. The Morgan fingerprint density at radius 2 is 1.06 bits per heavy atom. The van der Waals surface area contributed by atoms with Crippen molar-refractivity contribution in [1.82, 2.24) is 0 Å². The number of methoxy groups -OCH3 is 1. The molecule has 13 nitrogen and oxygen atoms in total. The van der Waals surface area contributed by atoms with Crippen molar-refractivity contribution >= 4 is 26.7 Å². The van der Waals surface area contributed by atoms with Crippen LogP contribution in [0.2, 0.25) is 0 Å². The fourth-order valence-corrected chi connectivity index (χ4v) is 6.19. The van der Waals surface area contributed by atoms with Crippen LogP contribution >= 0.6 is 0 Å². The Kier molecular flexibility index (Phi) is 16.1. The molecule has 0 aliphatic carbocycles. The quantitative estimate of drug-likeness (QED) is 0.0845. The van der Waals surface area contributed by atoms with Crippen LogP contribution in [-0.2, 0) is 46.6 Å². The molecular formula is C21H40O13Si. The minimum absolute atomic E-state index is 0.231. The number of carbonyl (C=O) groups excluding carboxylic acids is 3. The molecule has 0 saturated carbocycles. The van der Waals surface area contributed by atoms with E-state index in [-0.39, 0.29) is 6.42 Å². The number of ether oxygens (including phenoxy) is 4. The normalized spacial score (nSPS) is 13.7. The van der Waals surface area contributed by atoms with Gasteiger partial charge in [-0.05, 0) is 6.42 Å². The summed E-state index contributed by atoms with van der Waals surface area (Å²) < 4.78 is 38.0. The lowest BCUT2D eigenvalue weighted by atomic mass is 10.0. The van der Waals surface area contributed by atoms with E-state index < -0.39 is 57.7 Å². The monoisotopic (exact) mass is 528 g/mol. The van der Waals surface area contributed by atoms with Gasteiger partial charge in [-0.25, -0.2) is 14.4 Å². The number of unbranched alkanes of at least 4 members (excludes halogenated alkanes) is 6. The Morgan fingerprint density at radius 3 is 1.43 bits per heavy atom. The van der Waals surface area contributed by atoms with Crippen molar-refractivity contribution in [3.05, 3.63) is 0 Å². The molecule has 1 atom stereocenters. The zero-order valence-electron chi connectivity index (χ0n) is 21.2. The lowest BCUT2D eigenvalue weighted by Gasteiger charge is -2.49. The van der Waals surface area contributed by atoms with Crippen LogP contribution in [0, 0.1) is 0 Å². The van der Waals surface area contributed by atoms with Gasteiger partial charge < -0.3 is 47.5 Å². The molecular weight excluding hydrogens is 488 g/mol. The van der Waals surface area contributed by atoms with Crippen LogP contribution in [0.4, 0.5) is 0 Å². The summed E-state index contributed by atoms with van der Waals surface area (Å²) >= 11 is 0. The van der Waals surface area contributed by atoms with E-state index in [4.69, 9.17) is 32.2 Å². The molecule has 0 fully saturated rings. The average molecular weight is 529 g/mol. The number of hydrogen-bond donors (Lipinski definition) is 3. The van der Waals surface area contributed by atoms with Crippen LogP contribution in [0.15, 0.2) is 0 Å². The lowest BCUT2D eigenvalue weighted by Crippen LogP contribution is -2.78. The summed E-state index contributed by atoms with van der Waals surface area (Å²) in [5.74, 6) is -6.34. The summed E-state index contributed by atoms with van der Waals surface area (Å²) in [5.41, 5.74) is -2.88. The van der Waals surface area contributed by atoms with Gasteiger partial charge in [0.1, 0.15) is 19.8 Å². The molecule has 35 heavy (non-hydrogen) atoms. The summed E-state index contributed by atoms with van der Waals surface area (Å²) in [7, 11) is -0.166. The number of carbonyl (C=O) groups is 3. The van der Waals surface area contributed by atoms with E-state index in [0.717, 1.165) is 60.5 Å². The number of rotatable bonds is 20. The van der Waals surface area contributed by atoms with E-state index in [0.29, 0.717) is 12.8 Å². The molecule has 14 heteroatoms. The maximum Gasteiger partial charge on any atom is 0.599 e. The molecule has 206 valence electrons. The summed E-state index contributed by atoms with van der Waals surface area (Å²) in [6.07, 6.45) is 5.72. The molecule has 0 spiro atoms. The predicted molar refractivity (Wildman–Crippen MR) is 121 cm³/mol. The van der Waals surface area contributed by atoms with Gasteiger partial charge in [-0.2, -0.15) is 0 Å². The Morgan fingerprint density at radius 1 is 0.657 bits per heavy atom. The fourth-order valence-electron chi connectivity index (χ4n) is 3.66. The molecule has 0 aliphatic rings. The van der Waals surface area contributed by atoms with Gasteiger partial charge in [0.2, 0.25) is 0 Å². The SMILES string of the molecule is CCCCCCCCCC(OC)(OC(=O)CO)C(OC(=O)CO)(OC(=O)CO)[Si](OC)(OC)OC.